The number of nitrogens with zero attached hydrogens (tertiary/aromatic N) is 2. The van der Waals surface area contributed by atoms with E-state index in [0.29, 0.717) is 0 Å². The lowest BCUT2D eigenvalue weighted by Gasteiger charge is -2.05. The van der Waals surface area contributed by atoms with E-state index in [1.807, 2.05) is 24.4 Å². The van der Waals surface area contributed by atoms with E-state index in [9.17, 15) is 0 Å². The zero-order valence-electron chi connectivity index (χ0n) is 10.8. The van der Waals surface area contributed by atoms with Gasteiger partial charge in [-0.15, -0.1) is 11.8 Å². The molecule has 1 aromatic carbocycles. The molecule has 2 aromatic rings. The van der Waals surface area contributed by atoms with Crippen molar-refractivity contribution in [3.63, 3.8) is 0 Å². The molecule has 1 heterocycles. The van der Waals surface area contributed by atoms with Gasteiger partial charge in [0.05, 0.1) is 18.1 Å². The molecule has 0 spiro atoms. The summed E-state index contributed by atoms with van der Waals surface area (Å²) >= 11 is 5.30. The average molecular weight is 338 g/mol. The number of anilines is 1. The highest BCUT2D eigenvalue weighted by Gasteiger charge is 2.02. The third-order valence-electron chi connectivity index (χ3n) is 2.47. The summed E-state index contributed by atoms with van der Waals surface area (Å²) in [6.07, 6.45) is 4.72. The Balaban J connectivity index is 1.91. The first-order valence-electron chi connectivity index (χ1n) is 6.21. The third-order valence-corrected chi connectivity index (χ3v) is 4.53. The molecule has 0 saturated heterocycles. The molecule has 19 heavy (non-hydrogen) atoms. The van der Waals surface area contributed by atoms with E-state index in [2.05, 4.69) is 44.2 Å². The highest BCUT2D eigenvalue weighted by atomic mass is 79.9. The van der Waals surface area contributed by atoms with Crippen molar-refractivity contribution < 1.29 is 0 Å². The minimum atomic E-state index is 0.823. The van der Waals surface area contributed by atoms with Gasteiger partial charge in [-0.1, -0.05) is 19.1 Å². The van der Waals surface area contributed by atoms with Crippen LogP contribution in [0, 0.1) is 0 Å². The lowest BCUT2D eigenvalue weighted by atomic mass is 10.4. The van der Waals surface area contributed by atoms with Gasteiger partial charge in [-0.25, -0.2) is 4.98 Å². The zero-order valence-corrected chi connectivity index (χ0v) is 13.2. The van der Waals surface area contributed by atoms with Crippen LogP contribution in [0.3, 0.4) is 0 Å². The predicted molar refractivity (Wildman–Crippen MR) is 84.5 cm³/mol. The summed E-state index contributed by atoms with van der Waals surface area (Å²) in [4.78, 5) is 9.99. The minimum absolute atomic E-state index is 0.823. The second kappa shape index (κ2) is 7.50. The SMILES string of the molecule is CCCNc1cnc(CSc2ccccc2Br)cn1. The van der Waals surface area contributed by atoms with Crippen molar-refractivity contribution in [3.8, 4) is 0 Å². The van der Waals surface area contributed by atoms with Crippen molar-refractivity contribution in [2.45, 2.75) is 24.0 Å². The van der Waals surface area contributed by atoms with Gasteiger partial charge in [-0.2, -0.15) is 0 Å². The van der Waals surface area contributed by atoms with Crippen LogP contribution in [-0.2, 0) is 5.75 Å². The normalized spacial score (nSPS) is 10.4. The number of benzene rings is 1. The predicted octanol–water partition coefficient (Wildman–Crippen LogP) is 4.35. The van der Waals surface area contributed by atoms with Crippen LogP contribution in [-0.4, -0.2) is 16.5 Å². The van der Waals surface area contributed by atoms with Crippen molar-refractivity contribution in [1.29, 1.82) is 0 Å². The molecule has 0 amide bonds. The van der Waals surface area contributed by atoms with Crippen molar-refractivity contribution in [1.82, 2.24) is 9.97 Å². The Morgan fingerprint density at radius 1 is 1.21 bits per heavy atom. The summed E-state index contributed by atoms with van der Waals surface area (Å²) in [6, 6.07) is 8.20. The van der Waals surface area contributed by atoms with Gasteiger partial charge in [-0.05, 0) is 34.5 Å². The molecule has 0 fully saturated rings. The van der Waals surface area contributed by atoms with Crippen LogP contribution in [0.1, 0.15) is 19.0 Å². The molecule has 0 aliphatic heterocycles. The average Bonchev–Trinajstić information content (AvgIpc) is 2.45. The summed E-state index contributed by atoms with van der Waals surface area (Å²) in [5.41, 5.74) is 0.989. The van der Waals surface area contributed by atoms with Gasteiger partial charge in [0.1, 0.15) is 5.82 Å². The summed E-state index contributed by atoms with van der Waals surface area (Å²) < 4.78 is 1.12. The highest BCUT2D eigenvalue weighted by molar-refractivity contribution is 9.10. The van der Waals surface area contributed by atoms with Crippen molar-refractivity contribution in [2.24, 2.45) is 0 Å². The van der Waals surface area contributed by atoms with Crippen LogP contribution >= 0.6 is 27.7 Å². The van der Waals surface area contributed by atoms with Crippen LogP contribution < -0.4 is 5.32 Å². The molecule has 100 valence electrons. The second-order valence-corrected chi connectivity index (χ2v) is 5.91. The molecule has 0 aliphatic rings. The van der Waals surface area contributed by atoms with Crippen molar-refractivity contribution in [2.75, 3.05) is 11.9 Å². The number of hydrogen-bond donors (Lipinski definition) is 1. The molecule has 0 saturated carbocycles. The maximum absolute atomic E-state index is 4.42. The fourth-order valence-corrected chi connectivity index (χ4v) is 2.95. The molecule has 5 heteroatoms. The molecule has 2 rings (SSSR count). The minimum Gasteiger partial charge on any atom is -0.369 e. The second-order valence-electron chi connectivity index (χ2n) is 4.04. The van der Waals surface area contributed by atoms with Gasteiger partial charge >= 0.3 is 0 Å². The first kappa shape index (κ1) is 14.3. The van der Waals surface area contributed by atoms with E-state index < -0.39 is 0 Å². The van der Waals surface area contributed by atoms with Crippen LogP contribution in [0.4, 0.5) is 5.82 Å². The molecule has 1 N–H and O–H groups in total. The van der Waals surface area contributed by atoms with Gasteiger partial charge in [0.15, 0.2) is 0 Å². The van der Waals surface area contributed by atoms with Gasteiger partial charge in [0.2, 0.25) is 0 Å². The number of halogens is 1. The van der Waals surface area contributed by atoms with E-state index in [-0.39, 0.29) is 0 Å². The Morgan fingerprint density at radius 2 is 2.05 bits per heavy atom. The van der Waals surface area contributed by atoms with Gasteiger partial charge < -0.3 is 5.32 Å². The van der Waals surface area contributed by atoms with Gasteiger partial charge in [-0.3, -0.25) is 4.98 Å². The molecule has 0 atom stereocenters. The molecule has 0 aliphatic carbocycles. The molecular formula is C14H16BrN3S. The van der Waals surface area contributed by atoms with Crippen LogP contribution in [0.2, 0.25) is 0 Å². The Labute approximate surface area is 126 Å². The summed E-state index contributed by atoms with van der Waals surface area (Å²) in [5, 5.41) is 3.22. The Morgan fingerprint density at radius 3 is 2.74 bits per heavy atom. The van der Waals surface area contributed by atoms with E-state index in [0.717, 1.165) is 34.7 Å². The Hall–Kier alpha value is -1.07. The summed E-state index contributed by atoms with van der Waals surface area (Å²) in [6.45, 7) is 3.06. The molecule has 0 bridgehead atoms. The van der Waals surface area contributed by atoms with Crippen LogP contribution in [0.15, 0.2) is 46.0 Å². The number of hydrogen-bond acceptors (Lipinski definition) is 4. The van der Waals surface area contributed by atoms with Crippen molar-refractivity contribution >= 4 is 33.5 Å². The van der Waals surface area contributed by atoms with Crippen molar-refractivity contribution in [3.05, 3.63) is 46.8 Å². The fourth-order valence-electron chi connectivity index (χ4n) is 1.49. The van der Waals surface area contributed by atoms with Crippen LogP contribution in [0.25, 0.3) is 0 Å². The van der Waals surface area contributed by atoms with Gasteiger partial charge in [0.25, 0.3) is 0 Å². The summed E-state index contributed by atoms with van der Waals surface area (Å²) in [7, 11) is 0. The quantitative estimate of drug-likeness (QED) is 0.795. The molecule has 0 unspecified atom stereocenters. The molecular weight excluding hydrogens is 322 g/mol. The first-order valence-corrected chi connectivity index (χ1v) is 7.99. The van der Waals surface area contributed by atoms with E-state index >= 15 is 0 Å². The highest BCUT2D eigenvalue weighted by Crippen LogP contribution is 2.29. The third kappa shape index (κ3) is 4.51. The lowest BCUT2D eigenvalue weighted by molar-refractivity contribution is 0.960. The smallest absolute Gasteiger partial charge is 0.144 e. The monoisotopic (exact) mass is 337 g/mol. The number of thioether (sulfide) groups is 1. The molecule has 3 nitrogen and oxygen atoms in total. The Kier molecular flexibility index (Phi) is 5.66. The number of rotatable bonds is 6. The largest absolute Gasteiger partial charge is 0.369 e. The number of aromatic nitrogens is 2. The van der Waals surface area contributed by atoms with E-state index in [4.69, 9.17) is 0 Å². The van der Waals surface area contributed by atoms with Crippen LogP contribution in [0.5, 0.6) is 0 Å². The van der Waals surface area contributed by atoms with E-state index in [1.165, 1.54) is 4.90 Å². The topological polar surface area (TPSA) is 37.8 Å². The van der Waals surface area contributed by atoms with E-state index in [1.54, 1.807) is 18.0 Å². The fraction of sp³-hybridized carbons (Fsp3) is 0.286. The maximum atomic E-state index is 4.42. The Bertz CT molecular complexity index is 516. The first-order chi connectivity index (χ1) is 9.29. The zero-order chi connectivity index (χ0) is 13.5. The maximum Gasteiger partial charge on any atom is 0.144 e. The molecule has 0 radical (unpaired) electrons. The van der Waals surface area contributed by atoms with Gasteiger partial charge in [0, 0.05) is 21.7 Å². The summed E-state index contributed by atoms with van der Waals surface area (Å²) in [5.74, 6) is 1.67. The number of nitrogens with one attached hydrogen (secondary N) is 1. The standard InChI is InChI=1S/C14H16BrN3S/c1-2-7-16-14-9-17-11(8-18-14)10-19-13-6-4-3-5-12(13)15/h3-6,8-9H,2,7,10H2,1H3,(H,16,18). The lowest BCUT2D eigenvalue weighted by Crippen LogP contribution is -2.02. The molecule has 1 aromatic heterocycles.